The molecule has 0 aliphatic carbocycles. The zero-order valence-corrected chi connectivity index (χ0v) is 18.2. The molecule has 2 aromatic heterocycles. The normalized spacial score (nSPS) is 15.8. The van der Waals surface area contributed by atoms with Gasteiger partial charge in [-0.25, -0.2) is 27.7 Å². The molecule has 0 saturated carbocycles. The van der Waals surface area contributed by atoms with Crippen LogP contribution in [-0.4, -0.2) is 71.9 Å². The third kappa shape index (κ3) is 5.22. The lowest BCUT2D eigenvalue weighted by atomic mass is 10.1. The Morgan fingerprint density at radius 2 is 1.97 bits per heavy atom. The first-order valence-electron chi connectivity index (χ1n) is 9.68. The van der Waals surface area contributed by atoms with E-state index in [-0.39, 0.29) is 13.2 Å². The van der Waals surface area contributed by atoms with Gasteiger partial charge in [0.15, 0.2) is 0 Å². The highest BCUT2D eigenvalue weighted by Crippen LogP contribution is 2.22. The molecular formula is C19H29N7O3S. The first-order chi connectivity index (χ1) is 14.1. The van der Waals surface area contributed by atoms with E-state index < -0.39 is 10.0 Å². The van der Waals surface area contributed by atoms with E-state index >= 15 is 0 Å². The van der Waals surface area contributed by atoms with Gasteiger partial charge in [-0.3, -0.25) is 5.41 Å². The van der Waals surface area contributed by atoms with Crippen molar-refractivity contribution in [3.8, 4) is 5.88 Å². The Labute approximate surface area is 178 Å². The molecule has 1 fully saturated rings. The van der Waals surface area contributed by atoms with Gasteiger partial charge in [-0.1, -0.05) is 0 Å². The van der Waals surface area contributed by atoms with E-state index in [0.29, 0.717) is 61.2 Å². The number of rotatable bonds is 6. The molecule has 11 heteroatoms. The molecule has 0 atom stereocenters. The number of ether oxygens (including phenoxy) is 1. The van der Waals surface area contributed by atoms with E-state index in [1.807, 2.05) is 18.7 Å². The molecule has 10 nitrogen and oxygen atoms in total. The Balaban J connectivity index is 0.00000341. The van der Waals surface area contributed by atoms with Crippen molar-refractivity contribution in [1.82, 2.24) is 19.3 Å². The Morgan fingerprint density at radius 1 is 1.20 bits per heavy atom. The second-order valence-electron chi connectivity index (χ2n) is 7.42. The topological polar surface area (TPSA) is 138 Å². The van der Waals surface area contributed by atoms with Crippen molar-refractivity contribution >= 4 is 27.2 Å². The minimum atomic E-state index is -3.22. The lowest BCUT2D eigenvalue weighted by Crippen LogP contribution is -2.34. The average molecular weight is 436 g/mol. The first kappa shape index (κ1) is 21.9. The molecule has 30 heavy (non-hydrogen) atoms. The molecule has 1 saturated heterocycles. The summed E-state index contributed by atoms with van der Waals surface area (Å²) in [4.78, 5) is 14.7. The van der Waals surface area contributed by atoms with Crippen LogP contribution in [0.3, 0.4) is 0 Å². The van der Waals surface area contributed by atoms with Crippen LogP contribution in [0.15, 0.2) is 24.7 Å². The number of nitrogens with one attached hydrogen (secondary N) is 1. The number of nitrogens with zero attached hydrogens (tertiary/aromatic N) is 5. The minimum Gasteiger partial charge on any atom is -0.475 e. The maximum Gasteiger partial charge on any atom is 0.214 e. The summed E-state index contributed by atoms with van der Waals surface area (Å²) in [6, 6.07) is 3.36. The number of nitrogen functional groups attached to an aromatic ring is 1. The molecule has 3 rings (SSSR count). The quantitative estimate of drug-likeness (QED) is 0.649. The van der Waals surface area contributed by atoms with E-state index in [4.69, 9.17) is 15.9 Å². The molecule has 3 N–H and O–H groups in total. The van der Waals surface area contributed by atoms with E-state index in [2.05, 4.69) is 15.0 Å². The van der Waals surface area contributed by atoms with Gasteiger partial charge in [0.2, 0.25) is 15.9 Å². The Bertz CT molecular complexity index is 1030. The molecule has 164 valence electrons. The highest BCUT2D eigenvalue weighted by Gasteiger charge is 2.22. The van der Waals surface area contributed by atoms with Crippen molar-refractivity contribution in [2.75, 3.05) is 43.1 Å². The van der Waals surface area contributed by atoms with Crippen LogP contribution in [-0.2, 0) is 10.0 Å². The molecule has 2 aromatic rings. The van der Waals surface area contributed by atoms with Crippen molar-refractivity contribution in [2.24, 2.45) is 0 Å². The lowest BCUT2D eigenvalue weighted by molar-refractivity contribution is 0.232. The molecule has 0 radical (unpaired) electrons. The van der Waals surface area contributed by atoms with Gasteiger partial charge in [-0.2, -0.15) is 0 Å². The molecule has 1 aliphatic heterocycles. The third-order valence-corrected chi connectivity index (χ3v) is 6.00. The maximum atomic E-state index is 11.8. The SMILES string of the molecule is CC(C)Oc1cc(C(=N)c2cc(N3CCCN(S(C)(=O)=O)CC3)ncn2)c(N)cn1.[HH]. The third-order valence-electron chi connectivity index (χ3n) is 4.69. The van der Waals surface area contributed by atoms with Crippen LogP contribution in [0, 0.1) is 5.41 Å². The number of aromatic nitrogens is 3. The van der Waals surface area contributed by atoms with E-state index in [1.165, 1.54) is 23.1 Å². The average Bonchev–Trinajstić information content (AvgIpc) is 2.95. The van der Waals surface area contributed by atoms with Gasteiger partial charge in [-0.15, -0.1) is 0 Å². The van der Waals surface area contributed by atoms with Gasteiger partial charge in [0.1, 0.15) is 12.1 Å². The highest BCUT2D eigenvalue weighted by atomic mass is 32.2. The molecule has 1 aliphatic rings. The van der Waals surface area contributed by atoms with E-state index in [1.54, 1.807) is 12.1 Å². The molecule has 0 bridgehead atoms. The minimum absolute atomic E-state index is 0. The summed E-state index contributed by atoms with van der Waals surface area (Å²) in [5, 5.41) is 8.60. The molecular weight excluding hydrogens is 406 g/mol. The summed E-state index contributed by atoms with van der Waals surface area (Å²) in [7, 11) is -3.22. The van der Waals surface area contributed by atoms with E-state index in [9.17, 15) is 8.42 Å². The Morgan fingerprint density at radius 3 is 2.67 bits per heavy atom. The Kier molecular flexibility index (Phi) is 6.52. The number of pyridine rings is 1. The summed E-state index contributed by atoms with van der Waals surface area (Å²) in [5.41, 5.74) is 7.43. The fraction of sp³-hybridized carbons (Fsp3) is 0.474. The van der Waals surface area contributed by atoms with Crippen molar-refractivity contribution in [2.45, 2.75) is 26.4 Å². The number of sulfonamides is 1. The van der Waals surface area contributed by atoms with Crippen molar-refractivity contribution < 1.29 is 14.6 Å². The van der Waals surface area contributed by atoms with Crippen LogP contribution in [0.5, 0.6) is 5.88 Å². The van der Waals surface area contributed by atoms with Crippen molar-refractivity contribution in [3.63, 3.8) is 0 Å². The van der Waals surface area contributed by atoms with Gasteiger partial charge in [-0.05, 0) is 20.3 Å². The number of anilines is 2. The predicted molar refractivity (Wildman–Crippen MR) is 118 cm³/mol. The standard InChI is InChI=1S/C19H27N7O3S.H2/c1-13(2)29-18-9-14(15(20)11-22-18)19(21)16-10-17(24-12-23-16)25-5-4-6-26(8-7-25)30(3,27)28;/h9-13,21H,4-8,20H2,1-3H3;1H. The van der Waals surface area contributed by atoms with Gasteiger partial charge in [0.05, 0.1) is 35.6 Å². The largest absolute Gasteiger partial charge is 0.475 e. The van der Waals surface area contributed by atoms with Crippen LogP contribution < -0.4 is 15.4 Å². The lowest BCUT2D eigenvalue weighted by Gasteiger charge is -2.22. The Hall–Kier alpha value is -2.79. The van der Waals surface area contributed by atoms with Crippen molar-refractivity contribution in [1.29, 1.82) is 5.41 Å². The second kappa shape index (κ2) is 8.92. The molecule has 3 heterocycles. The van der Waals surface area contributed by atoms with Crippen LogP contribution in [0.1, 0.15) is 33.0 Å². The molecule has 0 aromatic carbocycles. The summed E-state index contributed by atoms with van der Waals surface area (Å²) >= 11 is 0. The summed E-state index contributed by atoms with van der Waals surface area (Å²) in [5.74, 6) is 1.04. The second-order valence-corrected chi connectivity index (χ2v) is 9.40. The zero-order chi connectivity index (χ0) is 21.9. The maximum absolute atomic E-state index is 11.8. The van der Waals surface area contributed by atoms with Crippen LogP contribution in [0.2, 0.25) is 0 Å². The molecule has 0 spiro atoms. The van der Waals surface area contributed by atoms with E-state index in [0.717, 1.165) is 0 Å². The van der Waals surface area contributed by atoms with Gasteiger partial charge in [0, 0.05) is 45.3 Å². The fourth-order valence-electron chi connectivity index (χ4n) is 3.22. The summed E-state index contributed by atoms with van der Waals surface area (Å²) in [6.45, 7) is 5.84. The number of hydrogen-bond acceptors (Lipinski definition) is 9. The smallest absolute Gasteiger partial charge is 0.214 e. The predicted octanol–water partition coefficient (Wildman–Crippen LogP) is 1.37. The van der Waals surface area contributed by atoms with Gasteiger partial charge in [0.25, 0.3) is 0 Å². The zero-order valence-electron chi connectivity index (χ0n) is 17.4. The van der Waals surface area contributed by atoms with Crippen molar-refractivity contribution in [3.05, 3.63) is 35.9 Å². The summed E-state index contributed by atoms with van der Waals surface area (Å²) in [6.07, 6.45) is 4.74. The van der Waals surface area contributed by atoms with Gasteiger partial charge < -0.3 is 15.4 Å². The summed E-state index contributed by atoms with van der Waals surface area (Å²) < 4.78 is 30.8. The van der Waals surface area contributed by atoms with Gasteiger partial charge >= 0.3 is 0 Å². The number of hydrogen-bond donors (Lipinski definition) is 2. The molecule has 0 amide bonds. The molecule has 0 unspecified atom stereocenters. The monoisotopic (exact) mass is 435 g/mol. The van der Waals surface area contributed by atoms with Crippen LogP contribution >= 0.6 is 0 Å². The van der Waals surface area contributed by atoms with Crippen LogP contribution in [0.4, 0.5) is 11.5 Å². The first-order valence-corrected chi connectivity index (χ1v) is 11.5. The van der Waals surface area contributed by atoms with Crippen LogP contribution in [0.25, 0.3) is 0 Å². The fourth-order valence-corrected chi connectivity index (χ4v) is 4.09. The number of nitrogens with two attached hydrogens (primary N) is 1. The highest BCUT2D eigenvalue weighted by molar-refractivity contribution is 7.88.